The van der Waals surface area contributed by atoms with Gasteiger partial charge in [-0.05, 0) is 30.2 Å². The van der Waals surface area contributed by atoms with Crippen molar-refractivity contribution in [3.05, 3.63) is 59.7 Å². The number of benzene rings is 2. The zero-order valence-electron chi connectivity index (χ0n) is 15.3. The van der Waals surface area contributed by atoms with Gasteiger partial charge in [-0.15, -0.1) is 0 Å². The fraction of sp³-hybridized carbons (Fsp3) is 0.333. The second-order valence-electron chi connectivity index (χ2n) is 6.23. The van der Waals surface area contributed by atoms with E-state index in [0.717, 1.165) is 29.2 Å². The average molecular weight is 385 g/mol. The number of carbonyl (C=O) groups is 1. The molecule has 0 spiro atoms. The average Bonchev–Trinajstić information content (AvgIpc) is 2.73. The highest BCUT2D eigenvalue weighted by Gasteiger charge is 2.18. The van der Waals surface area contributed by atoms with E-state index in [0.29, 0.717) is 37.6 Å². The van der Waals surface area contributed by atoms with Gasteiger partial charge >= 0.3 is 5.97 Å². The molecule has 2 aromatic carbocycles. The van der Waals surface area contributed by atoms with Crippen LogP contribution in [0.25, 0.3) is 0 Å². The minimum Gasteiger partial charge on any atom is -0.493 e. The largest absolute Gasteiger partial charge is 0.493 e. The first-order chi connectivity index (χ1) is 13.2. The van der Waals surface area contributed by atoms with Crippen molar-refractivity contribution >= 4 is 23.2 Å². The van der Waals surface area contributed by atoms with E-state index < -0.39 is 0 Å². The van der Waals surface area contributed by atoms with Crippen molar-refractivity contribution in [2.75, 3.05) is 33.4 Å². The van der Waals surface area contributed by atoms with Crippen molar-refractivity contribution < 1.29 is 19.0 Å². The standard InChI is InChI=1S/C21H23NO4S/c1-24-19-15-17(21(27)22-11-13-25-14-12-22)8-9-18(19)26-20(23)10-7-16-5-3-2-4-6-16/h2-6,8-9,15H,7,10-14H2,1H3. The summed E-state index contributed by atoms with van der Waals surface area (Å²) in [6.45, 7) is 2.90. The van der Waals surface area contributed by atoms with Gasteiger partial charge < -0.3 is 19.1 Å². The summed E-state index contributed by atoms with van der Waals surface area (Å²) >= 11 is 5.58. The zero-order valence-corrected chi connectivity index (χ0v) is 16.2. The van der Waals surface area contributed by atoms with E-state index in [1.54, 1.807) is 13.2 Å². The predicted octanol–water partition coefficient (Wildman–Crippen LogP) is 3.24. The second kappa shape index (κ2) is 9.48. The summed E-state index contributed by atoms with van der Waals surface area (Å²) in [4.78, 5) is 15.1. The number of thiocarbonyl (C=S) groups is 1. The van der Waals surface area contributed by atoms with Gasteiger partial charge in [0, 0.05) is 25.1 Å². The SMILES string of the molecule is COc1cc(C(=S)N2CCOCC2)ccc1OC(=O)CCc1ccccc1. The fourth-order valence-corrected chi connectivity index (χ4v) is 3.21. The van der Waals surface area contributed by atoms with E-state index in [1.165, 1.54) is 0 Å². The first-order valence-corrected chi connectivity index (χ1v) is 9.38. The number of ether oxygens (including phenoxy) is 3. The second-order valence-corrected chi connectivity index (χ2v) is 6.62. The molecule has 142 valence electrons. The topological polar surface area (TPSA) is 48.0 Å². The van der Waals surface area contributed by atoms with E-state index in [9.17, 15) is 4.79 Å². The van der Waals surface area contributed by atoms with Crippen LogP contribution in [0.1, 0.15) is 17.5 Å². The zero-order chi connectivity index (χ0) is 19.1. The molecule has 1 heterocycles. The first kappa shape index (κ1) is 19.3. The molecule has 1 aliphatic heterocycles. The van der Waals surface area contributed by atoms with E-state index in [1.807, 2.05) is 42.5 Å². The lowest BCUT2D eigenvalue weighted by Gasteiger charge is -2.29. The van der Waals surface area contributed by atoms with Crippen LogP contribution in [0.5, 0.6) is 11.5 Å². The summed E-state index contributed by atoms with van der Waals surface area (Å²) in [5.41, 5.74) is 1.97. The maximum Gasteiger partial charge on any atom is 0.311 e. The normalized spacial score (nSPS) is 13.9. The number of aryl methyl sites for hydroxylation is 1. The lowest BCUT2D eigenvalue weighted by Crippen LogP contribution is -2.40. The number of hydrogen-bond donors (Lipinski definition) is 0. The van der Waals surface area contributed by atoms with E-state index in [2.05, 4.69) is 4.90 Å². The summed E-state index contributed by atoms with van der Waals surface area (Å²) in [5.74, 6) is 0.612. The van der Waals surface area contributed by atoms with Crippen molar-refractivity contribution in [3.8, 4) is 11.5 Å². The Labute approximate surface area is 164 Å². The van der Waals surface area contributed by atoms with Gasteiger partial charge in [-0.1, -0.05) is 42.5 Å². The number of nitrogens with zero attached hydrogens (tertiary/aromatic N) is 1. The van der Waals surface area contributed by atoms with Gasteiger partial charge in [-0.25, -0.2) is 0 Å². The van der Waals surface area contributed by atoms with Crippen LogP contribution in [0.15, 0.2) is 48.5 Å². The number of carbonyl (C=O) groups excluding carboxylic acids is 1. The van der Waals surface area contributed by atoms with Gasteiger partial charge in [0.15, 0.2) is 11.5 Å². The number of morpholine rings is 1. The van der Waals surface area contributed by atoms with Crippen LogP contribution in [0, 0.1) is 0 Å². The van der Waals surface area contributed by atoms with Crippen LogP contribution < -0.4 is 9.47 Å². The Morgan fingerprint density at radius 3 is 2.56 bits per heavy atom. The van der Waals surface area contributed by atoms with Crippen LogP contribution in [-0.2, 0) is 16.0 Å². The molecule has 0 unspecified atom stereocenters. The molecule has 3 rings (SSSR count). The molecule has 1 aliphatic rings. The third-order valence-electron chi connectivity index (χ3n) is 4.39. The van der Waals surface area contributed by atoms with Gasteiger partial charge in [0.1, 0.15) is 4.99 Å². The molecule has 27 heavy (non-hydrogen) atoms. The Bertz CT molecular complexity index is 788. The van der Waals surface area contributed by atoms with Crippen molar-refractivity contribution in [1.82, 2.24) is 4.90 Å². The molecule has 0 saturated carbocycles. The van der Waals surface area contributed by atoms with Crippen LogP contribution >= 0.6 is 12.2 Å². The Kier molecular flexibility index (Phi) is 6.79. The van der Waals surface area contributed by atoms with Gasteiger partial charge in [0.2, 0.25) is 0 Å². The minimum atomic E-state index is -0.291. The summed E-state index contributed by atoms with van der Waals surface area (Å²) < 4.78 is 16.3. The molecule has 6 heteroatoms. The number of rotatable bonds is 6. The smallest absolute Gasteiger partial charge is 0.311 e. The number of esters is 1. The third kappa shape index (κ3) is 5.28. The highest BCUT2D eigenvalue weighted by molar-refractivity contribution is 7.80. The summed E-state index contributed by atoms with van der Waals surface area (Å²) in [5, 5.41) is 0. The molecular formula is C21H23NO4S. The first-order valence-electron chi connectivity index (χ1n) is 8.97. The molecule has 2 aromatic rings. The van der Waals surface area contributed by atoms with Crippen molar-refractivity contribution in [2.24, 2.45) is 0 Å². The molecular weight excluding hydrogens is 362 g/mol. The molecule has 1 saturated heterocycles. The predicted molar refractivity (Wildman–Crippen MR) is 107 cm³/mol. The summed E-state index contributed by atoms with van der Waals surface area (Å²) in [7, 11) is 1.55. The Balaban J connectivity index is 1.63. The molecule has 1 fully saturated rings. The molecule has 0 radical (unpaired) electrons. The molecule has 0 aromatic heterocycles. The van der Waals surface area contributed by atoms with E-state index >= 15 is 0 Å². The molecule has 0 N–H and O–H groups in total. The Hall–Kier alpha value is -2.44. The highest BCUT2D eigenvalue weighted by atomic mass is 32.1. The van der Waals surface area contributed by atoms with Crippen LogP contribution in [0.4, 0.5) is 0 Å². The van der Waals surface area contributed by atoms with E-state index in [-0.39, 0.29) is 5.97 Å². The molecule has 0 aliphatic carbocycles. The molecule has 5 nitrogen and oxygen atoms in total. The highest BCUT2D eigenvalue weighted by Crippen LogP contribution is 2.29. The molecule has 0 atom stereocenters. The fourth-order valence-electron chi connectivity index (χ4n) is 2.90. The Morgan fingerprint density at radius 2 is 1.85 bits per heavy atom. The van der Waals surface area contributed by atoms with Crippen LogP contribution in [0.2, 0.25) is 0 Å². The number of hydrogen-bond acceptors (Lipinski definition) is 5. The summed E-state index contributed by atoms with van der Waals surface area (Å²) in [6.07, 6.45) is 0.947. The van der Waals surface area contributed by atoms with Crippen molar-refractivity contribution in [3.63, 3.8) is 0 Å². The van der Waals surface area contributed by atoms with Gasteiger partial charge in [-0.2, -0.15) is 0 Å². The summed E-state index contributed by atoms with van der Waals surface area (Å²) in [6, 6.07) is 15.3. The molecule has 0 bridgehead atoms. The van der Waals surface area contributed by atoms with Crippen molar-refractivity contribution in [2.45, 2.75) is 12.8 Å². The van der Waals surface area contributed by atoms with Crippen LogP contribution in [-0.4, -0.2) is 49.3 Å². The minimum absolute atomic E-state index is 0.291. The Morgan fingerprint density at radius 1 is 1.11 bits per heavy atom. The monoisotopic (exact) mass is 385 g/mol. The molecule has 0 amide bonds. The van der Waals surface area contributed by atoms with Crippen molar-refractivity contribution in [1.29, 1.82) is 0 Å². The lowest BCUT2D eigenvalue weighted by molar-refractivity contribution is -0.134. The number of methoxy groups -OCH3 is 1. The van der Waals surface area contributed by atoms with Gasteiger partial charge in [-0.3, -0.25) is 4.79 Å². The van der Waals surface area contributed by atoms with Crippen LogP contribution in [0.3, 0.4) is 0 Å². The van der Waals surface area contributed by atoms with Gasteiger partial charge in [0.25, 0.3) is 0 Å². The quantitative estimate of drug-likeness (QED) is 0.432. The van der Waals surface area contributed by atoms with Gasteiger partial charge in [0.05, 0.1) is 20.3 Å². The maximum atomic E-state index is 12.2. The van der Waals surface area contributed by atoms with E-state index in [4.69, 9.17) is 26.4 Å². The maximum absolute atomic E-state index is 12.2. The third-order valence-corrected chi connectivity index (χ3v) is 4.89. The lowest BCUT2D eigenvalue weighted by atomic mass is 10.1.